The first kappa shape index (κ1) is 20.8. The van der Waals surface area contributed by atoms with Gasteiger partial charge in [0.2, 0.25) is 5.91 Å². The number of ether oxygens (including phenoxy) is 1. The topological polar surface area (TPSA) is 71.8 Å². The van der Waals surface area contributed by atoms with Gasteiger partial charge in [0.05, 0.1) is 18.6 Å². The first-order valence-electron chi connectivity index (χ1n) is 9.82. The van der Waals surface area contributed by atoms with Crippen LogP contribution in [0, 0.1) is 0 Å². The van der Waals surface area contributed by atoms with E-state index in [2.05, 4.69) is 11.9 Å². The van der Waals surface area contributed by atoms with Gasteiger partial charge in [-0.05, 0) is 54.1 Å². The zero-order valence-electron chi connectivity index (χ0n) is 16.8. The van der Waals surface area contributed by atoms with Gasteiger partial charge in [0.1, 0.15) is 23.5 Å². The molecule has 1 N–H and O–H groups in total. The normalized spacial score (nSPS) is 15.7. The molecule has 2 heterocycles. The van der Waals surface area contributed by atoms with Crippen LogP contribution < -0.4 is 10.1 Å². The highest BCUT2D eigenvalue weighted by molar-refractivity contribution is 8.00. The minimum Gasteiger partial charge on any atom is -0.490 e. The van der Waals surface area contributed by atoms with Crippen molar-refractivity contribution in [3.05, 3.63) is 96.5 Å². The Kier molecular flexibility index (Phi) is 6.43. The van der Waals surface area contributed by atoms with Crippen molar-refractivity contribution in [2.24, 2.45) is 0 Å². The van der Waals surface area contributed by atoms with E-state index in [1.807, 2.05) is 24.3 Å². The van der Waals surface area contributed by atoms with Crippen molar-refractivity contribution in [2.75, 3.05) is 17.7 Å². The number of rotatable bonds is 8. The van der Waals surface area contributed by atoms with Crippen LogP contribution in [0.25, 0.3) is 0 Å². The molecule has 31 heavy (non-hydrogen) atoms. The summed E-state index contributed by atoms with van der Waals surface area (Å²) in [5.74, 6) is 1.77. The van der Waals surface area contributed by atoms with Gasteiger partial charge in [0, 0.05) is 11.3 Å². The van der Waals surface area contributed by atoms with E-state index in [9.17, 15) is 9.59 Å². The zero-order chi connectivity index (χ0) is 21.6. The molecule has 1 aromatic heterocycles. The summed E-state index contributed by atoms with van der Waals surface area (Å²) in [5, 5.41) is 2.78. The lowest BCUT2D eigenvalue weighted by molar-refractivity contribution is -0.128. The number of benzene rings is 2. The highest BCUT2D eigenvalue weighted by atomic mass is 32.2. The molecule has 1 aliphatic rings. The van der Waals surface area contributed by atoms with Crippen LogP contribution >= 0.6 is 11.8 Å². The summed E-state index contributed by atoms with van der Waals surface area (Å²) in [4.78, 5) is 26.7. The highest BCUT2D eigenvalue weighted by Gasteiger charge is 2.33. The summed E-state index contributed by atoms with van der Waals surface area (Å²) in [5.41, 5.74) is 2.20. The third-order valence-electron chi connectivity index (χ3n) is 4.81. The molecule has 158 valence electrons. The average molecular weight is 435 g/mol. The van der Waals surface area contributed by atoms with Gasteiger partial charge in [-0.2, -0.15) is 0 Å². The Labute approximate surface area is 184 Å². The summed E-state index contributed by atoms with van der Waals surface area (Å²) in [6.07, 6.45) is 3.28. The van der Waals surface area contributed by atoms with Crippen LogP contribution in [-0.4, -0.2) is 29.1 Å². The van der Waals surface area contributed by atoms with Gasteiger partial charge in [-0.3, -0.25) is 9.59 Å². The van der Waals surface area contributed by atoms with E-state index in [-0.39, 0.29) is 17.2 Å². The molecule has 0 radical (unpaired) electrons. The molecule has 0 spiro atoms. The summed E-state index contributed by atoms with van der Waals surface area (Å²) in [7, 11) is 0. The van der Waals surface area contributed by atoms with Crippen LogP contribution in [-0.2, 0) is 11.3 Å². The molecule has 0 bridgehead atoms. The minimum atomic E-state index is -0.200. The van der Waals surface area contributed by atoms with Crippen LogP contribution in [0.4, 0.5) is 5.69 Å². The number of thioether (sulfide) groups is 1. The lowest BCUT2D eigenvalue weighted by Gasteiger charge is -2.23. The van der Waals surface area contributed by atoms with Gasteiger partial charge in [-0.15, -0.1) is 11.8 Å². The van der Waals surface area contributed by atoms with Crippen molar-refractivity contribution in [2.45, 2.75) is 11.9 Å². The second-order valence-corrected chi connectivity index (χ2v) is 8.03. The van der Waals surface area contributed by atoms with Crippen LogP contribution in [0.5, 0.6) is 5.75 Å². The fourth-order valence-electron chi connectivity index (χ4n) is 3.26. The predicted molar refractivity (Wildman–Crippen MR) is 121 cm³/mol. The van der Waals surface area contributed by atoms with Crippen molar-refractivity contribution < 1.29 is 18.7 Å². The molecule has 0 saturated carbocycles. The lowest BCUT2D eigenvalue weighted by atomic mass is 10.1. The molecule has 0 aliphatic carbocycles. The molecule has 0 unspecified atom stereocenters. The number of hydrogen-bond acceptors (Lipinski definition) is 5. The average Bonchev–Trinajstić information content (AvgIpc) is 3.44. The van der Waals surface area contributed by atoms with E-state index in [0.29, 0.717) is 35.9 Å². The third kappa shape index (κ3) is 5.00. The second kappa shape index (κ2) is 9.57. The van der Waals surface area contributed by atoms with Crippen LogP contribution in [0.2, 0.25) is 0 Å². The second-order valence-electron chi connectivity index (χ2n) is 6.96. The van der Waals surface area contributed by atoms with Gasteiger partial charge < -0.3 is 19.4 Å². The van der Waals surface area contributed by atoms with E-state index in [4.69, 9.17) is 9.15 Å². The Morgan fingerprint density at radius 2 is 1.97 bits per heavy atom. The maximum atomic E-state index is 12.6. The monoisotopic (exact) mass is 434 g/mol. The smallest absolute Gasteiger partial charge is 0.255 e. The Morgan fingerprint density at radius 1 is 1.19 bits per heavy atom. The number of furan rings is 1. The number of nitrogens with zero attached hydrogens (tertiary/aromatic N) is 1. The lowest BCUT2D eigenvalue weighted by Crippen LogP contribution is -2.27. The quantitative estimate of drug-likeness (QED) is 0.512. The molecular formula is C24H22N2O4S. The molecule has 2 amide bonds. The molecule has 2 aromatic carbocycles. The molecule has 1 saturated heterocycles. The predicted octanol–water partition coefficient (Wildman–Crippen LogP) is 4.87. The molecule has 3 aromatic rings. The summed E-state index contributed by atoms with van der Waals surface area (Å²) < 4.78 is 10.8. The standard InChI is InChI=1S/C24H22N2O4S/c1-2-13-29-20-11-9-19(10-12-20)25-23(28)17-5-7-18(8-6-17)24-26(22(27)16-31-24)15-21-4-3-14-30-21/h2-12,14,24H,1,13,15-16H2,(H,25,28)/t24-/m0/s1. The number of nitrogens with one attached hydrogen (secondary N) is 1. The number of carbonyl (C=O) groups excluding carboxylic acids is 2. The Morgan fingerprint density at radius 3 is 2.65 bits per heavy atom. The fraction of sp³-hybridized carbons (Fsp3) is 0.167. The van der Waals surface area contributed by atoms with Crippen LogP contribution in [0.3, 0.4) is 0 Å². The molecule has 1 fully saturated rings. The summed E-state index contributed by atoms with van der Waals surface area (Å²) in [6.45, 7) is 4.48. The van der Waals surface area contributed by atoms with Crippen LogP contribution in [0.1, 0.15) is 27.1 Å². The van der Waals surface area contributed by atoms with E-state index in [0.717, 1.165) is 11.3 Å². The Bertz CT molecular complexity index is 1050. The van der Waals surface area contributed by atoms with Crippen molar-refractivity contribution in [3.8, 4) is 5.75 Å². The summed E-state index contributed by atoms with van der Waals surface area (Å²) in [6, 6.07) is 18.2. The minimum absolute atomic E-state index is 0.0775. The van der Waals surface area contributed by atoms with Crippen molar-refractivity contribution in [3.63, 3.8) is 0 Å². The first-order chi connectivity index (χ1) is 15.1. The van der Waals surface area contributed by atoms with Crippen molar-refractivity contribution >= 4 is 29.3 Å². The van der Waals surface area contributed by atoms with Crippen molar-refractivity contribution in [1.82, 2.24) is 4.90 Å². The SMILES string of the molecule is C=CCOc1ccc(NC(=O)c2ccc([C@@H]3SCC(=O)N3Cc3ccco3)cc2)cc1. The molecule has 1 atom stereocenters. The largest absolute Gasteiger partial charge is 0.490 e. The zero-order valence-corrected chi connectivity index (χ0v) is 17.6. The van der Waals surface area contributed by atoms with E-state index < -0.39 is 0 Å². The van der Waals surface area contributed by atoms with Crippen molar-refractivity contribution in [1.29, 1.82) is 0 Å². The van der Waals surface area contributed by atoms with E-state index >= 15 is 0 Å². The third-order valence-corrected chi connectivity index (χ3v) is 6.07. The number of hydrogen-bond donors (Lipinski definition) is 1. The van der Waals surface area contributed by atoms with Gasteiger partial charge in [0.25, 0.3) is 5.91 Å². The Balaban J connectivity index is 1.40. The number of anilines is 1. The van der Waals surface area contributed by atoms with E-state index in [1.54, 1.807) is 65.4 Å². The molecule has 4 rings (SSSR count). The first-order valence-corrected chi connectivity index (χ1v) is 10.9. The number of carbonyl (C=O) groups is 2. The van der Waals surface area contributed by atoms with Gasteiger partial charge >= 0.3 is 0 Å². The van der Waals surface area contributed by atoms with Gasteiger partial charge in [0.15, 0.2) is 0 Å². The molecular weight excluding hydrogens is 412 g/mol. The molecule has 7 heteroatoms. The fourth-order valence-corrected chi connectivity index (χ4v) is 4.45. The molecule has 6 nitrogen and oxygen atoms in total. The number of amides is 2. The van der Waals surface area contributed by atoms with E-state index in [1.165, 1.54) is 0 Å². The Hall–Kier alpha value is -3.45. The van der Waals surface area contributed by atoms with Gasteiger partial charge in [-0.25, -0.2) is 0 Å². The van der Waals surface area contributed by atoms with Gasteiger partial charge in [-0.1, -0.05) is 24.8 Å². The van der Waals surface area contributed by atoms with Crippen LogP contribution in [0.15, 0.2) is 84.0 Å². The maximum Gasteiger partial charge on any atom is 0.255 e. The molecule has 1 aliphatic heterocycles. The summed E-state index contributed by atoms with van der Waals surface area (Å²) >= 11 is 1.57. The highest BCUT2D eigenvalue weighted by Crippen LogP contribution is 2.39. The maximum absolute atomic E-state index is 12.6.